The van der Waals surface area contributed by atoms with Gasteiger partial charge in [0.05, 0.1) is 0 Å². The minimum atomic E-state index is -0.0202. The number of rotatable bonds is 3. The molecule has 0 spiro atoms. The van der Waals surface area contributed by atoms with E-state index < -0.39 is 0 Å². The molecule has 2 aromatic carbocycles. The molecule has 2 aliphatic rings. The molecule has 1 heteroatoms. The van der Waals surface area contributed by atoms with E-state index in [1.54, 1.807) is 0 Å². The third-order valence-corrected chi connectivity index (χ3v) is 4.94. The fourth-order valence-corrected chi connectivity index (χ4v) is 3.78. The fraction of sp³-hybridized carbons (Fsp3) is 0.300. The maximum Gasteiger partial charge on any atom is 0.120 e. The summed E-state index contributed by atoms with van der Waals surface area (Å²) >= 11 is 0. The largest absolute Gasteiger partial charge is 0.487 e. The molecule has 21 heavy (non-hydrogen) atoms. The number of hydrogen-bond donors (Lipinski definition) is 0. The molecule has 2 bridgehead atoms. The van der Waals surface area contributed by atoms with Gasteiger partial charge in [0.15, 0.2) is 0 Å². The molecule has 2 aliphatic carbocycles. The first-order valence-corrected chi connectivity index (χ1v) is 7.76. The van der Waals surface area contributed by atoms with Gasteiger partial charge in [0.2, 0.25) is 0 Å². The van der Waals surface area contributed by atoms with Crippen LogP contribution in [-0.4, -0.2) is 5.60 Å². The van der Waals surface area contributed by atoms with Crippen molar-refractivity contribution in [3.63, 3.8) is 0 Å². The Labute approximate surface area is 126 Å². The van der Waals surface area contributed by atoms with Gasteiger partial charge >= 0.3 is 0 Å². The van der Waals surface area contributed by atoms with Gasteiger partial charge in [0, 0.05) is 5.92 Å². The Morgan fingerprint density at radius 3 is 2.24 bits per heavy atom. The van der Waals surface area contributed by atoms with Crippen LogP contribution in [0.15, 0.2) is 66.7 Å². The zero-order valence-corrected chi connectivity index (χ0v) is 12.3. The molecule has 0 N–H and O–H groups in total. The topological polar surface area (TPSA) is 9.23 Å². The lowest BCUT2D eigenvalue weighted by atomic mass is 9.90. The normalized spacial score (nSPS) is 29.8. The minimum Gasteiger partial charge on any atom is -0.487 e. The van der Waals surface area contributed by atoms with E-state index in [4.69, 9.17) is 4.74 Å². The van der Waals surface area contributed by atoms with Crippen LogP contribution in [0, 0.1) is 11.8 Å². The molecule has 106 valence electrons. The van der Waals surface area contributed by atoms with Crippen molar-refractivity contribution < 1.29 is 4.74 Å². The lowest BCUT2D eigenvalue weighted by Gasteiger charge is -2.32. The second-order valence-corrected chi connectivity index (χ2v) is 6.50. The lowest BCUT2D eigenvalue weighted by Crippen LogP contribution is -2.36. The summed E-state index contributed by atoms with van der Waals surface area (Å²) < 4.78 is 6.34. The Bertz CT molecular complexity index is 656. The number of benzene rings is 2. The SMILES string of the molecule is CC1(Oc2ccc(-c3ccccc3)cc2)CC2C=CC1C2. The highest BCUT2D eigenvalue weighted by molar-refractivity contribution is 5.63. The van der Waals surface area contributed by atoms with Crippen molar-refractivity contribution in [3.05, 3.63) is 66.7 Å². The first-order chi connectivity index (χ1) is 10.2. The van der Waals surface area contributed by atoms with Crippen LogP contribution in [0.1, 0.15) is 19.8 Å². The molecule has 4 rings (SSSR count). The first-order valence-electron chi connectivity index (χ1n) is 7.76. The van der Waals surface area contributed by atoms with Crippen LogP contribution in [0.25, 0.3) is 11.1 Å². The third kappa shape index (κ3) is 2.27. The smallest absolute Gasteiger partial charge is 0.120 e. The molecule has 1 fully saturated rings. The molecular weight excluding hydrogens is 256 g/mol. The van der Waals surface area contributed by atoms with Gasteiger partial charge in [0.1, 0.15) is 11.4 Å². The lowest BCUT2D eigenvalue weighted by molar-refractivity contribution is 0.0622. The molecule has 0 amide bonds. The number of fused-ring (bicyclic) bond motifs is 2. The molecule has 3 unspecified atom stereocenters. The van der Waals surface area contributed by atoms with Gasteiger partial charge in [0.25, 0.3) is 0 Å². The van der Waals surface area contributed by atoms with E-state index >= 15 is 0 Å². The molecule has 2 aromatic rings. The van der Waals surface area contributed by atoms with Crippen molar-refractivity contribution in [2.24, 2.45) is 11.8 Å². The van der Waals surface area contributed by atoms with Gasteiger partial charge in [-0.3, -0.25) is 0 Å². The summed E-state index contributed by atoms with van der Waals surface area (Å²) in [5.41, 5.74) is 2.47. The van der Waals surface area contributed by atoms with Crippen molar-refractivity contribution in [1.82, 2.24) is 0 Å². The van der Waals surface area contributed by atoms with E-state index in [1.807, 2.05) is 6.07 Å². The van der Waals surface area contributed by atoms with E-state index in [2.05, 4.69) is 67.6 Å². The highest BCUT2D eigenvalue weighted by Gasteiger charge is 2.46. The molecule has 0 heterocycles. The summed E-state index contributed by atoms with van der Waals surface area (Å²) in [6, 6.07) is 19.0. The summed E-state index contributed by atoms with van der Waals surface area (Å²) in [6.45, 7) is 2.26. The van der Waals surface area contributed by atoms with Crippen molar-refractivity contribution in [2.45, 2.75) is 25.4 Å². The molecule has 1 saturated carbocycles. The zero-order chi connectivity index (χ0) is 14.3. The average Bonchev–Trinajstić information content (AvgIpc) is 3.09. The average molecular weight is 276 g/mol. The molecule has 0 saturated heterocycles. The van der Waals surface area contributed by atoms with Crippen LogP contribution in [0.2, 0.25) is 0 Å². The second-order valence-electron chi connectivity index (χ2n) is 6.50. The van der Waals surface area contributed by atoms with Gasteiger partial charge in [-0.2, -0.15) is 0 Å². The number of ether oxygens (including phenoxy) is 1. The van der Waals surface area contributed by atoms with Crippen molar-refractivity contribution in [3.8, 4) is 16.9 Å². The van der Waals surface area contributed by atoms with Crippen LogP contribution in [0.5, 0.6) is 5.75 Å². The Hall–Kier alpha value is -2.02. The second kappa shape index (κ2) is 4.77. The van der Waals surface area contributed by atoms with Crippen LogP contribution in [0.4, 0.5) is 0 Å². The molecule has 0 aromatic heterocycles. The maximum atomic E-state index is 6.34. The number of hydrogen-bond acceptors (Lipinski definition) is 1. The van der Waals surface area contributed by atoms with Crippen LogP contribution in [0.3, 0.4) is 0 Å². The van der Waals surface area contributed by atoms with Crippen molar-refractivity contribution in [2.75, 3.05) is 0 Å². The molecule has 1 nitrogen and oxygen atoms in total. The monoisotopic (exact) mass is 276 g/mol. The van der Waals surface area contributed by atoms with Crippen molar-refractivity contribution >= 4 is 0 Å². The Morgan fingerprint density at radius 2 is 1.62 bits per heavy atom. The Kier molecular flexibility index (Phi) is 2.88. The first kappa shape index (κ1) is 12.7. The summed E-state index contributed by atoms with van der Waals surface area (Å²) in [5, 5.41) is 0. The highest BCUT2D eigenvalue weighted by Crippen LogP contribution is 2.48. The molecule has 0 aliphatic heterocycles. The molecular formula is C20H20O. The van der Waals surface area contributed by atoms with Gasteiger partial charge in [-0.1, -0.05) is 54.6 Å². The summed E-state index contributed by atoms with van der Waals surface area (Å²) in [6.07, 6.45) is 7.11. The van der Waals surface area contributed by atoms with Crippen LogP contribution < -0.4 is 4.74 Å². The number of allylic oxidation sites excluding steroid dienone is 1. The standard InChI is InChI=1S/C20H20O/c1-20(14-15-7-10-18(20)13-15)21-19-11-8-17(9-12-19)16-5-3-2-4-6-16/h2-12,15,18H,13-14H2,1H3. The third-order valence-electron chi connectivity index (χ3n) is 4.94. The van der Waals surface area contributed by atoms with Crippen molar-refractivity contribution in [1.29, 1.82) is 0 Å². The Balaban J connectivity index is 1.54. The van der Waals surface area contributed by atoms with Gasteiger partial charge in [-0.05, 0) is 48.9 Å². The molecule has 3 atom stereocenters. The van der Waals surface area contributed by atoms with Crippen LogP contribution in [-0.2, 0) is 0 Å². The zero-order valence-electron chi connectivity index (χ0n) is 12.3. The van der Waals surface area contributed by atoms with E-state index in [9.17, 15) is 0 Å². The predicted molar refractivity (Wildman–Crippen MR) is 86.3 cm³/mol. The maximum absolute atomic E-state index is 6.34. The van der Waals surface area contributed by atoms with Gasteiger partial charge in [-0.25, -0.2) is 0 Å². The molecule has 0 radical (unpaired) electrons. The summed E-state index contributed by atoms with van der Waals surface area (Å²) in [4.78, 5) is 0. The highest BCUT2D eigenvalue weighted by atomic mass is 16.5. The summed E-state index contributed by atoms with van der Waals surface area (Å²) in [7, 11) is 0. The van der Waals surface area contributed by atoms with Gasteiger partial charge in [-0.15, -0.1) is 0 Å². The van der Waals surface area contributed by atoms with E-state index in [1.165, 1.54) is 17.5 Å². The Morgan fingerprint density at radius 1 is 0.905 bits per heavy atom. The van der Waals surface area contributed by atoms with Crippen LogP contribution >= 0.6 is 0 Å². The fourth-order valence-electron chi connectivity index (χ4n) is 3.78. The summed E-state index contributed by atoms with van der Waals surface area (Å²) in [5.74, 6) is 2.29. The quantitative estimate of drug-likeness (QED) is 0.710. The minimum absolute atomic E-state index is 0.0202. The predicted octanol–water partition coefficient (Wildman–Crippen LogP) is 5.09. The van der Waals surface area contributed by atoms with Gasteiger partial charge < -0.3 is 4.74 Å². The van der Waals surface area contributed by atoms with E-state index in [0.717, 1.165) is 18.1 Å². The van der Waals surface area contributed by atoms with E-state index in [-0.39, 0.29) is 5.60 Å². The van der Waals surface area contributed by atoms with E-state index in [0.29, 0.717) is 5.92 Å².